The molecule has 0 aliphatic rings. The summed E-state index contributed by atoms with van der Waals surface area (Å²) < 4.78 is 0. The molecule has 0 radical (unpaired) electrons. The van der Waals surface area contributed by atoms with Crippen LogP contribution in [0.15, 0.2) is 12.1 Å². The van der Waals surface area contributed by atoms with Gasteiger partial charge >= 0.3 is 0 Å². The highest BCUT2D eigenvalue weighted by Gasteiger charge is 2.25. The minimum atomic E-state index is -0.598. The Balaban J connectivity index is 2.85. The van der Waals surface area contributed by atoms with Crippen molar-refractivity contribution in [2.24, 2.45) is 0 Å². The molecule has 1 rings (SSSR count). The Morgan fingerprint density at radius 3 is 2.44 bits per heavy atom. The Morgan fingerprint density at radius 2 is 1.94 bits per heavy atom. The van der Waals surface area contributed by atoms with E-state index in [9.17, 15) is 4.79 Å². The average molecular weight is 221 g/mol. The zero-order chi connectivity index (χ0) is 12.3. The first-order chi connectivity index (χ1) is 7.35. The number of rotatable bonds is 3. The van der Waals surface area contributed by atoms with E-state index in [2.05, 4.69) is 15.6 Å². The molecular weight excluding hydrogens is 202 g/mol. The minimum absolute atomic E-state index is 0.0903. The van der Waals surface area contributed by atoms with Crippen LogP contribution in [0.4, 0.5) is 5.82 Å². The fraction of sp³-hybridized carbons (Fsp3) is 0.500. The molecule has 2 N–H and O–H groups in total. The summed E-state index contributed by atoms with van der Waals surface area (Å²) in [5.74, 6) is 0.512. The van der Waals surface area contributed by atoms with Gasteiger partial charge in [0.15, 0.2) is 0 Å². The third-order valence-electron chi connectivity index (χ3n) is 2.53. The van der Waals surface area contributed by atoms with Crippen molar-refractivity contribution in [1.29, 1.82) is 0 Å². The second kappa shape index (κ2) is 4.61. The standard InChI is InChI=1S/C12H19N3O/c1-8-6-9(2)14-10(7-8)15-11(16)12(3,4)13-5/h6-7,13H,1-5H3,(H,14,15,16). The van der Waals surface area contributed by atoms with Crippen molar-refractivity contribution in [3.63, 3.8) is 0 Å². The first-order valence-corrected chi connectivity index (χ1v) is 5.31. The van der Waals surface area contributed by atoms with Crippen LogP contribution in [-0.2, 0) is 4.79 Å². The van der Waals surface area contributed by atoms with Crippen LogP contribution in [0.25, 0.3) is 0 Å². The van der Waals surface area contributed by atoms with Gasteiger partial charge in [0.2, 0.25) is 5.91 Å². The van der Waals surface area contributed by atoms with E-state index in [1.165, 1.54) is 0 Å². The second-order valence-electron chi connectivity index (χ2n) is 4.50. The number of aryl methyl sites for hydroxylation is 2. The zero-order valence-corrected chi connectivity index (χ0v) is 10.5. The van der Waals surface area contributed by atoms with Crippen LogP contribution in [0.3, 0.4) is 0 Å². The predicted octanol–water partition coefficient (Wildman–Crippen LogP) is 1.63. The van der Waals surface area contributed by atoms with E-state index < -0.39 is 5.54 Å². The number of anilines is 1. The van der Waals surface area contributed by atoms with Gasteiger partial charge in [0.25, 0.3) is 0 Å². The van der Waals surface area contributed by atoms with E-state index in [0.717, 1.165) is 11.3 Å². The largest absolute Gasteiger partial charge is 0.309 e. The van der Waals surface area contributed by atoms with Crippen LogP contribution in [0.5, 0.6) is 0 Å². The highest BCUT2D eigenvalue weighted by molar-refractivity contribution is 5.96. The topological polar surface area (TPSA) is 54.0 Å². The maximum absolute atomic E-state index is 11.9. The number of nitrogens with zero attached hydrogens (tertiary/aromatic N) is 1. The highest BCUT2D eigenvalue weighted by Crippen LogP contribution is 2.11. The predicted molar refractivity (Wildman–Crippen MR) is 65.5 cm³/mol. The van der Waals surface area contributed by atoms with Crippen LogP contribution in [-0.4, -0.2) is 23.5 Å². The average Bonchev–Trinajstić information content (AvgIpc) is 2.15. The lowest BCUT2D eigenvalue weighted by atomic mass is 10.1. The summed E-state index contributed by atoms with van der Waals surface area (Å²) in [4.78, 5) is 16.1. The van der Waals surface area contributed by atoms with Crippen LogP contribution >= 0.6 is 0 Å². The van der Waals surface area contributed by atoms with Gasteiger partial charge in [-0.1, -0.05) is 0 Å². The van der Waals surface area contributed by atoms with Gasteiger partial charge in [0.1, 0.15) is 5.82 Å². The Hall–Kier alpha value is -1.42. The van der Waals surface area contributed by atoms with Gasteiger partial charge in [-0.25, -0.2) is 4.98 Å². The molecule has 4 nitrogen and oxygen atoms in total. The van der Waals surface area contributed by atoms with Crippen molar-refractivity contribution in [2.75, 3.05) is 12.4 Å². The fourth-order valence-corrected chi connectivity index (χ4v) is 1.29. The molecule has 0 saturated heterocycles. The number of pyridine rings is 1. The van der Waals surface area contributed by atoms with Gasteiger partial charge < -0.3 is 10.6 Å². The molecule has 0 fully saturated rings. The molecule has 1 heterocycles. The summed E-state index contributed by atoms with van der Waals surface area (Å²) in [6.45, 7) is 7.54. The Labute approximate surface area is 96.5 Å². The fourth-order valence-electron chi connectivity index (χ4n) is 1.29. The summed E-state index contributed by atoms with van der Waals surface area (Å²) in [5.41, 5.74) is 1.39. The van der Waals surface area contributed by atoms with Crippen molar-refractivity contribution in [3.8, 4) is 0 Å². The lowest BCUT2D eigenvalue weighted by Gasteiger charge is -2.22. The summed E-state index contributed by atoms with van der Waals surface area (Å²) in [5, 5.41) is 5.75. The van der Waals surface area contributed by atoms with Crippen molar-refractivity contribution in [3.05, 3.63) is 23.4 Å². The number of nitrogens with one attached hydrogen (secondary N) is 2. The molecule has 0 unspecified atom stereocenters. The zero-order valence-electron chi connectivity index (χ0n) is 10.5. The number of aromatic nitrogens is 1. The summed E-state index contributed by atoms with van der Waals surface area (Å²) >= 11 is 0. The van der Waals surface area contributed by atoms with E-state index in [0.29, 0.717) is 5.82 Å². The molecule has 0 saturated carbocycles. The summed E-state index contributed by atoms with van der Waals surface area (Å²) in [6.07, 6.45) is 0. The summed E-state index contributed by atoms with van der Waals surface area (Å²) in [7, 11) is 1.76. The van der Waals surface area contributed by atoms with Crippen LogP contribution in [0.2, 0.25) is 0 Å². The second-order valence-corrected chi connectivity index (χ2v) is 4.50. The third-order valence-corrected chi connectivity index (χ3v) is 2.53. The Kier molecular flexibility index (Phi) is 3.65. The number of hydrogen-bond acceptors (Lipinski definition) is 3. The molecule has 0 spiro atoms. The number of hydrogen-bond donors (Lipinski definition) is 2. The highest BCUT2D eigenvalue weighted by atomic mass is 16.2. The normalized spacial score (nSPS) is 11.3. The first kappa shape index (κ1) is 12.6. The molecule has 0 bridgehead atoms. The van der Waals surface area contributed by atoms with Gasteiger partial charge in [0.05, 0.1) is 5.54 Å². The van der Waals surface area contributed by atoms with E-state index >= 15 is 0 Å². The lowest BCUT2D eigenvalue weighted by molar-refractivity contribution is -0.121. The van der Waals surface area contributed by atoms with Gasteiger partial charge in [-0.2, -0.15) is 0 Å². The number of amides is 1. The van der Waals surface area contributed by atoms with E-state index in [1.807, 2.05) is 39.8 Å². The molecule has 4 heteroatoms. The van der Waals surface area contributed by atoms with Crippen molar-refractivity contribution >= 4 is 11.7 Å². The van der Waals surface area contributed by atoms with Crippen molar-refractivity contribution < 1.29 is 4.79 Å². The molecule has 0 atom stereocenters. The lowest BCUT2D eigenvalue weighted by Crippen LogP contribution is -2.48. The molecular formula is C12H19N3O. The van der Waals surface area contributed by atoms with Crippen molar-refractivity contribution in [1.82, 2.24) is 10.3 Å². The van der Waals surface area contributed by atoms with Crippen LogP contribution in [0.1, 0.15) is 25.1 Å². The smallest absolute Gasteiger partial charge is 0.245 e. The molecule has 1 aromatic rings. The van der Waals surface area contributed by atoms with E-state index in [4.69, 9.17) is 0 Å². The van der Waals surface area contributed by atoms with Gasteiger partial charge in [-0.15, -0.1) is 0 Å². The van der Waals surface area contributed by atoms with Gasteiger partial charge in [-0.05, 0) is 52.4 Å². The Morgan fingerprint density at radius 1 is 1.31 bits per heavy atom. The van der Waals surface area contributed by atoms with E-state index in [-0.39, 0.29) is 5.91 Å². The molecule has 1 amide bonds. The number of carbonyl (C=O) groups is 1. The number of carbonyl (C=O) groups excluding carboxylic acids is 1. The van der Waals surface area contributed by atoms with Crippen LogP contribution < -0.4 is 10.6 Å². The van der Waals surface area contributed by atoms with E-state index in [1.54, 1.807) is 7.05 Å². The first-order valence-electron chi connectivity index (χ1n) is 5.31. The molecule has 1 aromatic heterocycles. The monoisotopic (exact) mass is 221 g/mol. The minimum Gasteiger partial charge on any atom is -0.309 e. The number of likely N-dealkylation sites (N-methyl/N-ethyl adjacent to an activating group) is 1. The quantitative estimate of drug-likeness (QED) is 0.815. The maximum Gasteiger partial charge on any atom is 0.245 e. The summed E-state index contributed by atoms with van der Waals surface area (Å²) in [6, 6.07) is 3.83. The molecule has 0 aliphatic heterocycles. The van der Waals surface area contributed by atoms with Gasteiger partial charge in [0, 0.05) is 5.69 Å². The van der Waals surface area contributed by atoms with Gasteiger partial charge in [-0.3, -0.25) is 4.79 Å². The SMILES string of the molecule is CNC(C)(C)C(=O)Nc1cc(C)cc(C)n1. The molecule has 88 valence electrons. The Bertz CT molecular complexity index is 379. The molecule has 0 aromatic carbocycles. The maximum atomic E-state index is 11.9. The molecule has 0 aliphatic carbocycles. The van der Waals surface area contributed by atoms with Crippen LogP contribution in [0, 0.1) is 13.8 Å². The molecule has 16 heavy (non-hydrogen) atoms. The third kappa shape index (κ3) is 3.03. The van der Waals surface area contributed by atoms with Crippen molar-refractivity contribution in [2.45, 2.75) is 33.2 Å².